The molecule has 0 saturated carbocycles. The lowest BCUT2D eigenvalue weighted by Crippen LogP contribution is -2.37. The summed E-state index contributed by atoms with van der Waals surface area (Å²) >= 11 is 0. The summed E-state index contributed by atoms with van der Waals surface area (Å²) in [5.74, 6) is -3.22. The molecule has 0 spiro atoms. The Bertz CT molecular complexity index is 786. The van der Waals surface area contributed by atoms with Crippen molar-refractivity contribution in [2.45, 2.75) is 32.0 Å². The number of ether oxygens (including phenoxy) is 1. The van der Waals surface area contributed by atoms with Crippen molar-refractivity contribution in [1.29, 1.82) is 0 Å². The lowest BCUT2D eigenvalue weighted by Gasteiger charge is -2.24. The van der Waals surface area contributed by atoms with E-state index in [0.29, 0.717) is 6.61 Å². The van der Waals surface area contributed by atoms with Gasteiger partial charge in [-0.05, 0) is 24.6 Å². The number of hydrogen-bond donors (Lipinski definition) is 2. The summed E-state index contributed by atoms with van der Waals surface area (Å²) < 4.78 is 36.6. The smallest absolute Gasteiger partial charge is 0.430 e. The predicted molar refractivity (Wildman–Crippen MR) is 85.1 cm³/mol. The third-order valence-electron chi connectivity index (χ3n) is 3.90. The van der Waals surface area contributed by atoms with Gasteiger partial charge in [0.1, 0.15) is 5.97 Å². The molecule has 0 fully saturated rings. The second-order valence-corrected chi connectivity index (χ2v) is 5.73. The molecule has 1 aliphatic heterocycles. The van der Waals surface area contributed by atoms with E-state index in [4.69, 9.17) is 14.6 Å². The Hall–Kier alpha value is -2.55. The first kappa shape index (κ1) is 19.8. The fraction of sp³-hybridized carbons (Fsp3) is 0.412. The molecule has 9 heteroatoms. The number of rotatable bonds is 3. The maximum absolute atomic E-state index is 10.8. The number of H-pyrrole nitrogens is 1. The molecule has 2 aromatic rings. The van der Waals surface area contributed by atoms with Crippen molar-refractivity contribution >= 4 is 22.8 Å². The summed E-state index contributed by atoms with van der Waals surface area (Å²) in [5, 5.41) is 13.6. The minimum absolute atomic E-state index is 0.215. The quantitative estimate of drug-likeness (QED) is 0.800. The van der Waals surface area contributed by atoms with Crippen LogP contribution in [0.25, 0.3) is 10.9 Å². The predicted octanol–water partition coefficient (Wildman–Crippen LogP) is 1.61. The number of alkyl halides is 3. The number of carbonyl (C=O) groups is 2. The number of hydrogen-bond acceptors (Lipinski definition) is 5. The number of esters is 1. The standard InChI is InChI=1S/C15H18N2O2.C2HF3O2/c1-10(18)19-9-7-14-15-12(6-8-16-14)11-4-2-3-5-13(11)17-15;3-2(4,5)1(6)7/h2-5,14,16-17H,6-9H2,1H3;(H,6,7)/p-1. The van der Waals surface area contributed by atoms with Gasteiger partial charge in [0.05, 0.1) is 12.6 Å². The molecule has 1 aromatic carbocycles. The number of aromatic nitrogens is 1. The van der Waals surface area contributed by atoms with E-state index in [1.165, 1.54) is 29.1 Å². The van der Waals surface area contributed by atoms with Crippen LogP contribution in [0.3, 0.4) is 0 Å². The third-order valence-corrected chi connectivity index (χ3v) is 3.90. The minimum Gasteiger partial charge on any atom is -0.542 e. The molecular weight excluding hydrogens is 353 g/mol. The van der Waals surface area contributed by atoms with Crippen LogP contribution in [0.2, 0.25) is 0 Å². The summed E-state index contributed by atoms with van der Waals surface area (Å²) in [6, 6.07) is 8.64. The number of carboxylic acid groups (broad SMARTS) is 1. The van der Waals surface area contributed by atoms with Crippen molar-refractivity contribution in [3.63, 3.8) is 0 Å². The van der Waals surface area contributed by atoms with Gasteiger partial charge in [-0.15, -0.1) is 0 Å². The van der Waals surface area contributed by atoms with Crippen molar-refractivity contribution in [2.24, 2.45) is 0 Å². The Morgan fingerprint density at radius 1 is 1.31 bits per heavy atom. The van der Waals surface area contributed by atoms with Crippen LogP contribution in [0.15, 0.2) is 24.3 Å². The topological polar surface area (TPSA) is 94.2 Å². The highest BCUT2D eigenvalue weighted by Crippen LogP contribution is 2.31. The van der Waals surface area contributed by atoms with E-state index in [9.17, 15) is 18.0 Å². The fourth-order valence-corrected chi connectivity index (χ4v) is 2.83. The number of aliphatic carboxylic acids is 1. The fourth-order valence-electron chi connectivity index (χ4n) is 2.83. The molecule has 1 aromatic heterocycles. The molecule has 1 atom stereocenters. The molecule has 26 heavy (non-hydrogen) atoms. The average molecular weight is 371 g/mol. The Balaban J connectivity index is 0.000000298. The molecule has 6 nitrogen and oxygen atoms in total. The molecule has 0 bridgehead atoms. The Morgan fingerprint density at radius 3 is 2.58 bits per heavy atom. The molecule has 1 unspecified atom stereocenters. The van der Waals surface area contributed by atoms with Gasteiger partial charge in [0.15, 0.2) is 0 Å². The SMILES string of the molecule is CC(=O)OCCC1NCCc2c1[nH]c1ccccc21.O=C([O-])C(F)(F)F. The zero-order chi connectivity index (χ0) is 19.3. The second-order valence-electron chi connectivity index (χ2n) is 5.73. The van der Waals surface area contributed by atoms with Gasteiger partial charge in [-0.1, -0.05) is 18.2 Å². The third kappa shape index (κ3) is 4.98. The number of para-hydroxylation sites is 1. The van der Waals surface area contributed by atoms with Gasteiger partial charge in [-0.25, -0.2) is 0 Å². The molecule has 2 heterocycles. The van der Waals surface area contributed by atoms with Crippen LogP contribution in [-0.4, -0.2) is 36.3 Å². The largest absolute Gasteiger partial charge is 0.542 e. The maximum Gasteiger partial charge on any atom is 0.430 e. The van der Waals surface area contributed by atoms with Crippen LogP contribution < -0.4 is 10.4 Å². The molecule has 3 rings (SSSR count). The summed E-state index contributed by atoms with van der Waals surface area (Å²) in [6.07, 6.45) is -3.34. The van der Waals surface area contributed by atoms with E-state index in [1.807, 2.05) is 6.07 Å². The van der Waals surface area contributed by atoms with Crippen molar-refractivity contribution in [3.05, 3.63) is 35.5 Å². The van der Waals surface area contributed by atoms with Gasteiger partial charge in [-0.3, -0.25) is 4.79 Å². The highest BCUT2D eigenvalue weighted by atomic mass is 19.4. The zero-order valence-electron chi connectivity index (χ0n) is 14.0. The van der Waals surface area contributed by atoms with E-state index in [1.54, 1.807) is 0 Å². The lowest BCUT2D eigenvalue weighted by molar-refractivity contribution is -0.344. The molecule has 0 radical (unpaired) electrons. The van der Waals surface area contributed by atoms with Crippen LogP contribution in [0, 0.1) is 0 Å². The van der Waals surface area contributed by atoms with Crippen LogP contribution in [0.1, 0.15) is 30.6 Å². The van der Waals surface area contributed by atoms with Crippen molar-refractivity contribution in [2.75, 3.05) is 13.2 Å². The molecule has 0 saturated heterocycles. The first-order valence-electron chi connectivity index (χ1n) is 7.94. The van der Waals surface area contributed by atoms with E-state index in [-0.39, 0.29) is 12.0 Å². The van der Waals surface area contributed by atoms with E-state index < -0.39 is 12.1 Å². The first-order chi connectivity index (χ1) is 12.2. The lowest BCUT2D eigenvalue weighted by atomic mass is 9.98. The van der Waals surface area contributed by atoms with Crippen molar-refractivity contribution < 1.29 is 32.6 Å². The van der Waals surface area contributed by atoms with Crippen LogP contribution in [0.4, 0.5) is 13.2 Å². The molecular formula is C17H18F3N2O4-. The van der Waals surface area contributed by atoms with Gasteiger partial charge < -0.3 is 24.9 Å². The number of aromatic amines is 1. The Morgan fingerprint density at radius 2 is 1.96 bits per heavy atom. The summed E-state index contributed by atoms with van der Waals surface area (Å²) in [4.78, 5) is 23.1. The number of carbonyl (C=O) groups excluding carboxylic acids is 2. The number of fused-ring (bicyclic) bond motifs is 3. The van der Waals surface area contributed by atoms with Gasteiger partial charge in [-0.2, -0.15) is 13.2 Å². The summed E-state index contributed by atoms with van der Waals surface area (Å²) in [5.41, 5.74) is 3.84. The number of benzene rings is 1. The van der Waals surface area contributed by atoms with Crippen LogP contribution in [0.5, 0.6) is 0 Å². The normalized spacial score (nSPS) is 16.4. The Kier molecular flexibility index (Phi) is 6.25. The molecule has 2 N–H and O–H groups in total. The molecule has 0 amide bonds. The maximum atomic E-state index is 10.8. The van der Waals surface area contributed by atoms with Gasteiger partial charge in [0.25, 0.3) is 0 Å². The van der Waals surface area contributed by atoms with E-state index in [2.05, 4.69) is 28.5 Å². The zero-order valence-corrected chi connectivity index (χ0v) is 14.0. The molecule has 0 aliphatic carbocycles. The minimum atomic E-state index is -5.19. The summed E-state index contributed by atoms with van der Waals surface area (Å²) in [6.45, 7) is 2.88. The van der Waals surface area contributed by atoms with Crippen LogP contribution >= 0.6 is 0 Å². The van der Waals surface area contributed by atoms with Crippen molar-refractivity contribution in [1.82, 2.24) is 10.3 Å². The van der Waals surface area contributed by atoms with Crippen molar-refractivity contribution in [3.8, 4) is 0 Å². The Labute approximate surface area is 147 Å². The average Bonchev–Trinajstić information content (AvgIpc) is 2.94. The molecule has 142 valence electrons. The number of nitrogens with one attached hydrogen (secondary N) is 2. The summed E-state index contributed by atoms with van der Waals surface area (Å²) in [7, 11) is 0. The first-order valence-corrected chi connectivity index (χ1v) is 7.94. The second kappa shape index (κ2) is 8.22. The monoisotopic (exact) mass is 371 g/mol. The highest BCUT2D eigenvalue weighted by molar-refractivity contribution is 5.85. The van der Waals surface area contributed by atoms with E-state index in [0.717, 1.165) is 19.4 Å². The van der Waals surface area contributed by atoms with Gasteiger partial charge in [0.2, 0.25) is 0 Å². The number of halogens is 3. The van der Waals surface area contributed by atoms with Gasteiger partial charge >= 0.3 is 12.1 Å². The van der Waals surface area contributed by atoms with Gasteiger partial charge in [0, 0.05) is 29.9 Å². The number of carboxylic acids is 1. The van der Waals surface area contributed by atoms with E-state index >= 15 is 0 Å². The highest BCUT2D eigenvalue weighted by Gasteiger charge is 2.28. The molecule has 1 aliphatic rings. The van der Waals surface area contributed by atoms with Crippen LogP contribution in [-0.2, 0) is 20.7 Å².